The van der Waals surface area contributed by atoms with E-state index in [0.717, 1.165) is 37.8 Å². The summed E-state index contributed by atoms with van der Waals surface area (Å²) in [5.74, 6) is -1.94. The average Bonchev–Trinajstić information content (AvgIpc) is 2.66. The van der Waals surface area contributed by atoms with Gasteiger partial charge in [0.05, 0.1) is 16.3 Å². The number of nitrogens with one attached hydrogen (secondary N) is 2. The first-order chi connectivity index (χ1) is 13.8. The molecule has 4 nitrogen and oxygen atoms in total. The van der Waals surface area contributed by atoms with Crippen LogP contribution in [0.2, 0.25) is 5.02 Å². The zero-order chi connectivity index (χ0) is 21.7. The number of halogens is 4. The van der Waals surface area contributed by atoms with Gasteiger partial charge >= 0.3 is 18.0 Å². The third-order valence-electron chi connectivity index (χ3n) is 4.56. The highest BCUT2D eigenvalue weighted by atomic mass is 35.5. The maximum atomic E-state index is 12.7. The topological polar surface area (TPSA) is 58.2 Å². The summed E-state index contributed by atoms with van der Waals surface area (Å²) >= 11 is 5.80. The van der Waals surface area contributed by atoms with E-state index in [9.17, 15) is 22.8 Å². The first kappa shape index (κ1) is 25.3. The molecule has 0 aromatic heterocycles. The molecule has 29 heavy (non-hydrogen) atoms. The lowest BCUT2D eigenvalue weighted by molar-refractivity contribution is -0.137. The summed E-state index contributed by atoms with van der Waals surface area (Å²) in [6.07, 6.45) is 6.99. The monoisotopic (exact) mass is 434 g/mol. The van der Waals surface area contributed by atoms with Crippen LogP contribution >= 0.6 is 11.6 Å². The number of hydrogen-bond acceptors (Lipinski definition) is 2. The lowest BCUT2D eigenvalue weighted by Gasteiger charge is -2.11. The number of carbonyl (C=O) groups excluding carboxylic acids is 2. The van der Waals surface area contributed by atoms with Gasteiger partial charge in [-0.2, -0.15) is 13.2 Å². The van der Waals surface area contributed by atoms with E-state index in [1.807, 2.05) is 0 Å². The van der Waals surface area contributed by atoms with Crippen LogP contribution < -0.4 is 10.6 Å². The summed E-state index contributed by atoms with van der Waals surface area (Å²) < 4.78 is 38.2. The molecule has 1 aromatic carbocycles. The normalized spacial score (nSPS) is 11.3. The molecule has 0 aliphatic heterocycles. The van der Waals surface area contributed by atoms with Crippen molar-refractivity contribution in [2.75, 3.05) is 11.9 Å². The second-order valence-electron chi connectivity index (χ2n) is 7.08. The quantitative estimate of drug-likeness (QED) is 0.298. The van der Waals surface area contributed by atoms with Crippen LogP contribution in [-0.2, 0) is 15.8 Å². The Morgan fingerprint density at radius 3 is 2.00 bits per heavy atom. The molecule has 0 atom stereocenters. The number of carbonyl (C=O) groups is 2. The smallest absolute Gasteiger partial charge is 0.348 e. The van der Waals surface area contributed by atoms with Crippen LogP contribution in [0.5, 0.6) is 0 Å². The number of anilines is 1. The van der Waals surface area contributed by atoms with E-state index in [1.165, 1.54) is 38.5 Å². The Morgan fingerprint density at radius 1 is 0.897 bits per heavy atom. The van der Waals surface area contributed by atoms with Gasteiger partial charge in [0.25, 0.3) is 0 Å². The van der Waals surface area contributed by atoms with E-state index in [2.05, 4.69) is 17.6 Å². The maximum Gasteiger partial charge on any atom is 0.416 e. The van der Waals surface area contributed by atoms with Gasteiger partial charge < -0.3 is 10.6 Å². The second kappa shape index (κ2) is 13.5. The van der Waals surface area contributed by atoms with Crippen molar-refractivity contribution in [3.63, 3.8) is 0 Å². The Kier molecular flexibility index (Phi) is 11.7. The fourth-order valence-corrected chi connectivity index (χ4v) is 3.04. The van der Waals surface area contributed by atoms with E-state index < -0.39 is 23.6 Å². The number of amides is 2. The van der Waals surface area contributed by atoms with Gasteiger partial charge in [0.2, 0.25) is 0 Å². The minimum absolute atomic E-state index is 0.0751. The number of unbranched alkanes of at least 4 members (excludes halogenated alkanes) is 9. The van der Waals surface area contributed by atoms with Gasteiger partial charge in [-0.1, -0.05) is 76.3 Å². The van der Waals surface area contributed by atoms with E-state index in [0.29, 0.717) is 12.6 Å². The summed E-state index contributed by atoms with van der Waals surface area (Å²) in [5.41, 5.74) is -1.21. The van der Waals surface area contributed by atoms with Gasteiger partial charge in [-0.15, -0.1) is 0 Å². The van der Waals surface area contributed by atoms with Gasteiger partial charge in [-0.3, -0.25) is 9.59 Å². The largest absolute Gasteiger partial charge is 0.416 e. The molecule has 0 heterocycles. The lowest BCUT2D eigenvalue weighted by Crippen LogP contribution is -2.36. The molecule has 164 valence electrons. The van der Waals surface area contributed by atoms with Crippen LogP contribution in [0.1, 0.15) is 76.7 Å². The standard InChI is InChI=1S/C21H30ClF3N2O2/c1-2-3-4-5-6-7-8-9-10-11-14-26-19(28)20(29)27-18-15-16(21(23,24)25)12-13-17(18)22/h12-13,15H,2-11,14H2,1H3,(H,26,28)(H,27,29). The third kappa shape index (κ3) is 10.5. The van der Waals surface area contributed by atoms with E-state index in [1.54, 1.807) is 0 Å². The minimum Gasteiger partial charge on any atom is -0.348 e. The molecular weight excluding hydrogens is 405 g/mol. The summed E-state index contributed by atoms with van der Waals surface area (Å²) in [5, 5.41) is 4.53. The fourth-order valence-electron chi connectivity index (χ4n) is 2.87. The van der Waals surface area contributed by atoms with Crippen LogP contribution in [0.15, 0.2) is 18.2 Å². The van der Waals surface area contributed by atoms with Crippen LogP contribution in [0.4, 0.5) is 18.9 Å². The van der Waals surface area contributed by atoms with Crippen molar-refractivity contribution in [2.45, 2.75) is 77.3 Å². The van der Waals surface area contributed by atoms with Crippen molar-refractivity contribution >= 4 is 29.1 Å². The molecule has 0 aliphatic carbocycles. The molecule has 2 N–H and O–H groups in total. The number of alkyl halides is 3. The number of hydrogen-bond donors (Lipinski definition) is 2. The Bertz CT molecular complexity index is 651. The Hall–Kier alpha value is -1.76. The zero-order valence-electron chi connectivity index (χ0n) is 16.8. The van der Waals surface area contributed by atoms with Crippen molar-refractivity contribution in [1.29, 1.82) is 0 Å². The molecule has 0 radical (unpaired) electrons. The van der Waals surface area contributed by atoms with Crippen LogP contribution in [0, 0.1) is 0 Å². The van der Waals surface area contributed by atoms with Crippen molar-refractivity contribution in [2.24, 2.45) is 0 Å². The highest BCUT2D eigenvalue weighted by molar-refractivity contribution is 6.41. The highest BCUT2D eigenvalue weighted by Crippen LogP contribution is 2.33. The van der Waals surface area contributed by atoms with Crippen LogP contribution in [0.3, 0.4) is 0 Å². The summed E-state index contributed by atoms with van der Waals surface area (Å²) in [7, 11) is 0. The highest BCUT2D eigenvalue weighted by Gasteiger charge is 2.31. The van der Waals surface area contributed by atoms with Crippen molar-refractivity contribution in [3.05, 3.63) is 28.8 Å². The summed E-state index contributed by atoms with van der Waals surface area (Å²) in [4.78, 5) is 23.7. The van der Waals surface area contributed by atoms with Crippen molar-refractivity contribution in [3.8, 4) is 0 Å². The molecule has 0 bridgehead atoms. The predicted octanol–water partition coefficient (Wildman–Crippen LogP) is 6.33. The van der Waals surface area contributed by atoms with Gasteiger partial charge in [-0.25, -0.2) is 0 Å². The molecule has 1 aromatic rings. The van der Waals surface area contributed by atoms with E-state index in [4.69, 9.17) is 11.6 Å². The molecule has 0 spiro atoms. The SMILES string of the molecule is CCCCCCCCCCCCNC(=O)C(=O)Nc1cc(C(F)(F)F)ccc1Cl. The average molecular weight is 435 g/mol. The maximum absolute atomic E-state index is 12.7. The molecular formula is C21H30ClF3N2O2. The second-order valence-corrected chi connectivity index (χ2v) is 7.49. The molecule has 0 saturated heterocycles. The van der Waals surface area contributed by atoms with Gasteiger partial charge in [0, 0.05) is 6.54 Å². The Balaban J connectivity index is 2.23. The number of rotatable bonds is 12. The summed E-state index contributed by atoms with van der Waals surface area (Å²) in [6, 6.07) is 2.54. The molecule has 1 rings (SSSR count). The van der Waals surface area contributed by atoms with Gasteiger partial charge in [0.1, 0.15) is 0 Å². The van der Waals surface area contributed by atoms with E-state index in [-0.39, 0.29) is 10.7 Å². The molecule has 0 aliphatic rings. The third-order valence-corrected chi connectivity index (χ3v) is 4.89. The molecule has 0 unspecified atom stereocenters. The minimum atomic E-state index is -4.57. The molecule has 8 heteroatoms. The summed E-state index contributed by atoms with van der Waals surface area (Å²) in [6.45, 7) is 2.54. The van der Waals surface area contributed by atoms with E-state index >= 15 is 0 Å². The van der Waals surface area contributed by atoms with Crippen molar-refractivity contribution in [1.82, 2.24) is 5.32 Å². The van der Waals surface area contributed by atoms with Crippen LogP contribution in [0.25, 0.3) is 0 Å². The zero-order valence-corrected chi connectivity index (χ0v) is 17.6. The van der Waals surface area contributed by atoms with Crippen LogP contribution in [-0.4, -0.2) is 18.4 Å². The fraction of sp³-hybridized carbons (Fsp3) is 0.619. The molecule has 0 fully saturated rings. The Labute approximate surface area is 175 Å². The van der Waals surface area contributed by atoms with Crippen molar-refractivity contribution < 1.29 is 22.8 Å². The number of benzene rings is 1. The molecule has 0 saturated carbocycles. The van der Waals surface area contributed by atoms with Gasteiger partial charge in [0.15, 0.2) is 0 Å². The lowest BCUT2D eigenvalue weighted by atomic mass is 10.1. The molecule has 2 amide bonds. The predicted molar refractivity (Wildman–Crippen MR) is 110 cm³/mol. The Morgan fingerprint density at radius 2 is 1.45 bits per heavy atom. The first-order valence-electron chi connectivity index (χ1n) is 10.2. The van der Waals surface area contributed by atoms with Gasteiger partial charge in [-0.05, 0) is 24.6 Å². The first-order valence-corrected chi connectivity index (χ1v) is 10.6.